The number of nitrogens with one attached hydrogen (secondary N) is 1. The summed E-state index contributed by atoms with van der Waals surface area (Å²) in [6.07, 6.45) is 7.64. The predicted molar refractivity (Wildman–Crippen MR) is 80.5 cm³/mol. The first-order valence-corrected chi connectivity index (χ1v) is 8.23. The average molecular weight is 282 g/mol. The van der Waals surface area contributed by atoms with E-state index in [2.05, 4.69) is 17.1 Å². The molecule has 0 bridgehead atoms. The van der Waals surface area contributed by atoms with Gasteiger partial charge in [-0.1, -0.05) is 19.8 Å². The maximum absolute atomic E-state index is 12.0. The van der Waals surface area contributed by atoms with Crippen molar-refractivity contribution in [3.63, 3.8) is 0 Å². The van der Waals surface area contributed by atoms with E-state index < -0.39 is 0 Å². The molecule has 0 aromatic carbocycles. The lowest BCUT2D eigenvalue weighted by atomic mass is 9.87. The summed E-state index contributed by atoms with van der Waals surface area (Å²) in [4.78, 5) is 14.4. The van der Waals surface area contributed by atoms with E-state index >= 15 is 0 Å². The second-order valence-corrected chi connectivity index (χ2v) is 6.94. The van der Waals surface area contributed by atoms with Crippen LogP contribution in [0.4, 0.5) is 0 Å². The van der Waals surface area contributed by atoms with Crippen LogP contribution in [0.3, 0.4) is 0 Å². The van der Waals surface area contributed by atoms with E-state index in [-0.39, 0.29) is 17.9 Å². The monoisotopic (exact) mass is 282 g/mol. The summed E-state index contributed by atoms with van der Waals surface area (Å²) in [6.45, 7) is 6.29. The minimum absolute atomic E-state index is 0.0324. The molecule has 0 radical (unpaired) electrons. The second-order valence-electron chi connectivity index (χ2n) is 6.94. The SMILES string of the molecule is C[C@@H]1CCCN(CCC(=O)NCC2(CO)CCCC2)C1. The van der Waals surface area contributed by atoms with E-state index in [0.717, 1.165) is 38.4 Å². The van der Waals surface area contributed by atoms with Crippen LogP contribution in [0.15, 0.2) is 0 Å². The molecule has 0 aromatic heterocycles. The first-order chi connectivity index (χ1) is 9.63. The molecule has 1 heterocycles. The number of likely N-dealkylation sites (tertiary alicyclic amines) is 1. The Hall–Kier alpha value is -0.610. The highest BCUT2D eigenvalue weighted by molar-refractivity contribution is 5.76. The molecule has 4 nitrogen and oxygen atoms in total. The highest BCUT2D eigenvalue weighted by atomic mass is 16.3. The van der Waals surface area contributed by atoms with Crippen LogP contribution in [-0.2, 0) is 4.79 Å². The lowest BCUT2D eigenvalue weighted by molar-refractivity contribution is -0.122. The predicted octanol–water partition coefficient (Wildman–Crippen LogP) is 1.78. The molecule has 2 N–H and O–H groups in total. The van der Waals surface area contributed by atoms with E-state index in [1.807, 2.05) is 0 Å². The number of hydrogen-bond acceptors (Lipinski definition) is 3. The third kappa shape index (κ3) is 4.45. The van der Waals surface area contributed by atoms with Gasteiger partial charge in [-0.05, 0) is 38.1 Å². The number of carbonyl (C=O) groups excluding carboxylic acids is 1. The summed E-state index contributed by atoms with van der Waals surface area (Å²) in [7, 11) is 0. The van der Waals surface area contributed by atoms with Gasteiger partial charge in [0.1, 0.15) is 0 Å². The van der Waals surface area contributed by atoms with Crippen LogP contribution in [-0.4, -0.2) is 48.7 Å². The Labute approximate surface area is 122 Å². The van der Waals surface area contributed by atoms with Gasteiger partial charge in [0.25, 0.3) is 0 Å². The fourth-order valence-corrected chi connectivity index (χ4v) is 3.64. The van der Waals surface area contributed by atoms with Gasteiger partial charge in [0.2, 0.25) is 5.91 Å². The van der Waals surface area contributed by atoms with Crippen LogP contribution in [0.2, 0.25) is 0 Å². The third-order valence-corrected chi connectivity index (χ3v) is 5.06. The smallest absolute Gasteiger partial charge is 0.221 e. The van der Waals surface area contributed by atoms with Crippen molar-refractivity contribution in [3.8, 4) is 0 Å². The largest absolute Gasteiger partial charge is 0.396 e. The number of nitrogens with zero attached hydrogens (tertiary/aromatic N) is 1. The first kappa shape index (κ1) is 15.8. The van der Waals surface area contributed by atoms with Crippen LogP contribution in [0.1, 0.15) is 51.9 Å². The lowest BCUT2D eigenvalue weighted by Gasteiger charge is -2.31. The van der Waals surface area contributed by atoms with Crippen molar-refractivity contribution in [2.45, 2.75) is 51.9 Å². The van der Waals surface area contributed by atoms with Crippen molar-refractivity contribution < 1.29 is 9.90 Å². The summed E-state index contributed by atoms with van der Waals surface area (Å²) >= 11 is 0. The molecule has 20 heavy (non-hydrogen) atoms. The van der Waals surface area contributed by atoms with Gasteiger partial charge >= 0.3 is 0 Å². The zero-order valence-electron chi connectivity index (χ0n) is 12.9. The number of piperidine rings is 1. The quantitative estimate of drug-likeness (QED) is 0.781. The summed E-state index contributed by atoms with van der Waals surface area (Å²) < 4.78 is 0. The van der Waals surface area contributed by atoms with Crippen LogP contribution < -0.4 is 5.32 Å². The molecule has 4 heteroatoms. The summed E-state index contributed by atoms with van der Waals surface area (Å²) in [5.41, 5.74) is -0.0324. The molecule has 0 aromatic rings. The standard InChI is InChI=1S/C16H30N2O2/c1-14-5-4-9-18(11-14)10-6-15(20)17-12-16(13-19)7-2-3-8-16/h14,19H,2-13H2,1H3,(H,17,20)/t14-/m1/s1. The van der Waals surface area contributed by atoms with Crippen LogP contribution in [0.25, 0.3) is 0 Å². The second kappa shape index (κ2) is 7.41. The zero-order chi connectivity index (χ0) is 14.4. The number of rotatable bonds is 6. The van der Waals surface area contributed by atoms with Gasteiger partial charge in [0, 0.05) is 31.5 Å². The Morgan fingerprint density at radius 3 is 2.75 bits per heavy atom. The van der Waals surface area contributed by atoms with Crippen LogP contribution in [0, 0.1) is 11.3 Å². The Kier molecular flexibility index (Phi) is 5.85. The molecule has 1 saturated carbocycles. The number of carbonyl (C=O) groups is 1. The van der Waals surface area contributed by atoms with Gasteiger partial charge in [-0.25, -0.2) is 0 Å². The summed E-state index contributed by atoms with van der Waals surface area (Å²) in [5, 5.41) is 12.6. The van der Waals surface area contributed by atoms with Gasteiger partial charge in [-0.2, -0.15) is 0 Å². The van der Waals surface area contributed by atoms with E-state index in [1.54, 1.807) is 0 Å². The van der Waals surface area contributed by atoms with Crippen molar-refractivity contribution >= 4 is 5.91 Å². The molecule has 1 atom stereocenters. The minimum Gasteiger partial charge on any atom is -0.396 e. The molecule has 2 aliphatic rings. The molecular formula is C16H30N2O2. The minimum atomic E-state index is -0.0324. The molecule has 0 spiro atoms. The number of aliphatic hydroxyl groups is 1. The van der Waals surface area contributed by atoms with Gasteiger partial charge in [-0.3, -0.25) is 4.79 Å². The summed E-state index contributed by atoms with van der Waals surface area (Å²) in [6, 6.07) is 0. The first-order valence-electron chi connectivity index (χ1n) is 8.23. The van der Waals surface area contributed by atoms with Crippen molar-refractivity contribution in [3.05, 3.63) is 0 Å². The molecule has 0 unspecified atom stereocenters. The van der Waals surface area contributed by atoms with Crippen LogP contribution in [0.5, 0.6) is 0 Å². The zero-order valence-corrected chi connectivity index (χ0v) is 12.9. The molecule has 1 amide bonds. The normalized spacial score (nSPS) is 26.6. The maximum Gasteiger partial charge on any atom is 0.221 e. The van der Waals surface area contributed by atoms with Gasteiger partial charge in [0.15, 0.2) is 0 Å². The van der Waals surface area contributed by atoms with E-state index in [9.17, 15) is 9.90 Å². The van der Waals surface area contributed by atoms with Crippen molar-refractivity contribution in [2.75, 3.05) is 32.8 Å². The fraction of sp³-hybridized carbons (Fsp3) is 0.938. The van der Waals surface area contributed by atoms with Gasteiger partial charge < -0.3 is 15.3 Å². The molecule has 2 rings (SSSR count). The molecule has 2 fully saturated rings. The van der Waals surface area contributed by atoms with Crippen LogP contribution >= 0.6 is 0 Å². The Balaban J connectivity index is 1.65. The van der Waals surface area contributed by atoms with Crippen molar-refractivity contribution in [1.29, 1.82) is 0 Å². The molecule has 1 aliphatic heterocycles. The van der Waals surface area contributed by atoms with Crippen molar-refractivity contribution in [1.82, 2.24) is 10.2 Å². The van der Waals surface area contributed by atoms with Gasteiger partial charge in [-0.15, -0.1) is 0 Å². The Morgan fingerprint density at radius 2 is 2.10 bits per heavy atom. The highest BCUT2D eigenvalue weighted by Gasteiger charge is 2.33. The highest BCUT2D eigenvalue weighted by Crippen LogP contribution is 2.36. The molecule has 116 valence electrons. The van der Waals surface area contributed by atoms with E-state index in [4.69, 9.17) is 0 Å². The summed E-state index contributed by atoms with van der Waals surface area (Å²) in [5.74, 6) is 0.908. The number of amides is 1. The van der Waals surface area contributed by atoms with Gasteiger partial charge in [0.05, 0.1) is 6.61 Å². The Morgan fingerprint density at radius 1 is 1.35 bits per heavy atom. The van der Waals surface area contributed by atoms with E-state index in [1.165, 1.54) is 25.7 Å². The van der Waals surface area contributed by atoms with Crippen molar-refractivity contribution in [2.24, 2.45) is 11.3 Å². The van der Waals surface area contributed by atoms with E-state index in [0.29, 0.717) is 13.0 Å². The molecule has 1 saturated heterocycles. The number of hydrogen-bond donors (Lipinski definition) is 2. The fourth-order valence-electron chi connectivity index (χ4n) is 3.64. The third-order valence-electron chi connectivity index (χ3n) is 5.06. The topological polar surface area (TPSA) is 52.6 Å². The molecule has 1 aliphatic carbocycles. The molecular weight excluding hydrogens is 252 g/mol. The average Bonchev–Trinajstić information content (AvgIpc) is 2.92. The maximum atomic E-state index is 12.0. The number of aliphatic hydroxyl groups excluding tert-OH is 1. The Bertz CT molecular complexity index is 314. The lowest BCUT2D eigenvalue weighted by Crippen LogP contribution is -2.41.